The molecule has 0 aliphatic carbocycles. The number of aromatic nitrogens is 2. The highest BCUT2D eigenvalue weighted by Crippen LogP contribution is 2.29. The monoisotopic (exact) mass is 267 g/mol. The maximum absolute atomic E-state index is 11.0. The standard InChI is InChI=1S/C12H21N5O2/c1-3-13-8-10-4-6-16(7-5-10)12-11(17(18)19)14-9-15(12)2/h9-10,13H,3-8H2,1-2H3. The van der Waals surface area contributed by atoms with Crippen LogP contribution in [0.3, 0.4) is 0 Å². The van der Waals surface area contributed by atoms with Crippen LogP contribution in [0.2, 0.25) is 0 Å². The predicted octanol–water partition coefficient (Wildman–Crippen LogP) is 1.15. The van der Waals surface area contributed by atoms with Crippen molar-refractivity contribution in [3.05, 3.63) is 16.4 Å². The number of hydrogen-bond acceptors (Lipinski definition) is 5. The average Bonchev–Trinajstić information content (AvgIpc) is 2.79. The molecule has 0 spiro atoms. The normalized spacial score (nSPS) is 16.8. The Hall–Kier alpha value is -1.63. The van der Waals surface area contributed by atoms with Crippen LogP contribution in [0.5, 0.6) is 0 Å². The van der Waals surface area contributed by atoms with Gasteiger partial charge in [0.2, 0.25) is 12.1 Å². The van der Waals surface area contributed by atoms with Crippen molar-refractivity contribution in [2.75, 3.05) is 31.1 Å². The fourth-order valence-corrected chi connectivity index (χ4v) is 2.60. The lowest BCUT2D eigenvalue weighted by Gasteiger charge is -2.32. The molecule has 106 valence electrons. The van der Waals surface area contributed by atoms with Crippen molar-refractivity contribution in [1.29, 1.82) is 0 Å². The van der Waals surface area contributed by atoms with Crippen molar-refractivity contribution < 1.29 is 4.92 Å². The second-order valence-corrected chi connectivity index (χ2v) is 5.00. The van der Waals surface area contributed by atoms with Gasteiger partial charge in [0, 0.05) is 20.1 Å². The summed E-state index contributed by atoms with van der Waals surface area (Å²) in [7, 11) is 1.81. The molecule has 0 bridgehead atoms. The molecule has 0 atom stereocenters. The Morgan fingerprint density at radius 3 is 2.79 bits per heavy atom. The molecular formula is C12H21N5O2. The number of imidazole rings is 1. The van der Waals surface area contributed by atoms with Crippen LogP contribution in [-0.2, 0) is 7.05 Å². The van der Waals surface area contributed by atoms with Crippen LogP contribution >= 0.6 is 0 Å². The first-order valence-electron chi connectivity index (χ1n) is 6.74. The number of nitrogens with zero attached hydrogens (tertiary/aromatic N) is 4. The molecule has 0 radical (unpaired) electrons. The molecule has 1 aliphatic rings. The van der Waals surface area contributed by atoms with Crippen molar-refractivity contribution in [1.82, 2.24) is 14.9 Å². The molecule has 0 unspecified atom stereocenters. The van der Waals surface area contributed by atoms with E-state index in [2.05, 4.69) is 22.1 Å². The Labute approximate surface area is 112 Å². The van der Waals surface area contributed by atoms with E-state index < -0.39 is 4.92 Å². The molecule has 7 heteroatoms. The summed E-state index contributed by atoms with van der Waals surface area (Å²) in [6.45, 7) is 5.85. The minimum Gasteiger partial charge on any atom is -0.358 e. The Bertz CT molecular complexity index is 437. The first-order valence-corrected chi connectivity index (χ1v) is 6.74. The van der Waals surface area contributed by atoms with Gasteiger partial charge in [-0.05, 0) is 41.8 Å². The van der Waals surface area contributed by atoms with Crippen LogP contribution in [0.4, 0.5) is 11.6 Å². The second kappa shape index (κ2) is 6.01. The maximum atomic E-state index is 11.0. The fraction of sp³-hybridized carbons (Fsp3) is 0.750. The zero-order valence-corrected chi connectivity index (χ0v) is 11.5. The first-order chi connectivity index (χ1) is 9.13. The third kappa shape index (κ3) is 3.04. The second-order valence-electron chi connectivity index (χ2n) is 5.00. The van der Waals surface area contributed by atoms with E-state index in [-0.39, 0.29) is 5.82 Å². The van der Waals surface area contributed by atoms with Gasteiger partial charge in [0.05, 0.1) is 0 Å². The van der Waals surface area contributed by atoms with Crippen molar-refractivity contribution >= 4 is 11.6 Å². The molecule has 2 rings (SSSR count). The summed E-state index contributed by atoms with van der Waals surface area (Å²) in [5.41, 5.74) is 0. The summed E-state index contributed by atoms with van der Waals surface area (Å²) < 4.78 is 1.74. The van der Waals surface area contributed by atoms with Crippen LogP contribution in [-0.4, -0.2) is 40.7 Å². The largest absolute Gasteiger partial charge is 0.406 e. The number of nitrogens with one attached hydrogen (secondary N) is 1. The van der Waals surface area contributed by atoms with Crippen LogP contribution in [0.1, 0.15) is 19.8 Å². The van der Waals surface area contributed by atoms with Crippen molar-refractivity contribution in [3.8, 4) is 0 Å². The zero-order chi connectivity index (χ0) is 13.8. The molecule has 1 saturated heterocycles. The van der Waals surface area contributed by atoms with Gasteiger partial charge in [0.25, 0.3) is 0 Å². The van der Waals surface area contributed by atoms with Gasteiger partial charge >= 0.3 is 5.82 Å². The average molecular weight is 267 g/mol. The lowest BCUT2D eigenvalue weighted by atomic mass is 9.97. The van der Waals surface area contributed by atoms with Gasteiger partial charge in [0.1, 0.15) is 0 Å². The van der Waals surface area contributed by atoms with E-state index in [0.29, 0.717) is 11.7 Å². The predicted molar refractivity (Wildman–Crippen MR) is 73.3 cm³/mol. The number of hydrogen-bond donors (Lipinski definition) is 1. The summed E-state index contributed by atoms with van der Waals surface area (Å²) in [5.74, 6) is 1.27. The van der Waals surface area contributed by atoms with Crippen LogP contribution in [0.15, 0.2) is 6.33 Å². The summed E-state index contributed by atoms with van der Waals surface area (Å²) in [4.78, 5) is 16.5. The molecule has 0 aromatic carbocycles. The summed E-state index contributed by atoms with van der Waals surface area (Å²) in [6, 6.07) is 0. The molecule has 0 amide bonds. The highest BCUT2D eigenvalue weighted by molar-refractivity contribution is 5.54. The summed E-state index contributed by atoms with van der Waals surface area (Å²) >= 11 is 0. The minimum atomic E-state index is -0.403. The molecule has 1 N–H and O–H groups in total. The van der Waals surface area contributed by atoms with E-state index in [0.717, 1.165) is 39.0 Å². The quantitative estimate of drug-likeness (QED) is 0.640. The molecule has 7 nitrogen and oxygen atoms in total. The Morgan fingerprint density at radius 2 is 2.21 bits per heavy atom. The van der Waals surface area contributed by atoms with Crippen molar-refractivity contribution in [2.45, 2.75) is 19.8 Å². The number of anilines is 1. The molecule has 19 heavy (non-hydrogen) atoms. The van der Waals surface area contributed by atoms with Crippen LogP contribution in [0.25, 0.3) is 0 Å². The number of rotatable bonds is 5. The van der Waals surface area contributed by atoms with Gasteiger partial charge in [0.15, 0.2) is 0 Å². The van der Waals surface area contributed by atoms with Gasteiger partial charge in [-0.2, -0.15) is 0 Å². The van der Waals surface area contributed by atoms with Gasteiger partial charge in [-0.1, -0.05) is 6.92 Å². The van der Waals surface area contributed by atoms with E-state index in [4.69, 9.17) is 0 Å². The molecule has 1 fully saturated rings. The third-order valence-corrected chi connectivity index (χ3v) is 3.66. The van der Waals surface area contributed by atoms with Crippen molar-refractivity contribution in [3.63, 3.8) is 0 Å². The lowest BCUT2D eigenvalue weighted by Crippen LogP contribution is -2.38. The molecule has 1 aromatic rings. The zero-order valence-electron chi connectivity index (χ0n) is 11.5. The Kier molecular flexibility index (Phi) is 4.36. The minimum absolute atomic E-state index is 0.0346. The van der Waals surface area contributed by atoms with Crippen LogP contribution in [0, 0.1) is 16.0 Å². The first kappa shape index (κ1) is 13.8. The highest BCUT2D eigenvalue weighted by Gasteiger charge is 2.28. The van der Waals surface area contributed by atoms with E-state index in [1.165, 1.54) is 6.33 Å². The number of piperidine rings is 1. The highest BCUT2D eigenvalue weighted by atomic mass is 16.6. The summed E-state index contributed by atoms with van der Waals surface area (Å²) in [5, 5.41) is 14.3. The smallest absolute Gasteiger partial charge is 0.358 e. The number of aryl methyl sites for hydroxylation is 1. The summed E-state index contributed by atoms with van der Waals surface area (Å²) in [6.07, 6.45) is 3.64. The van der Waals surface area contributed by atoms with E-state index in [1.807, 2.05) is 0 Å². The van der Waals surface area contributed by atoms with E-state index in [1.54, 1.807) is 11.6 Å². The van der Waals surface area contributed by atoms with E-state index in [9.17, 15) is 10.1 Å². The molecule has 0 saturated carbocycles. The maximum Gasteiger partial charge on any atom is 0.406 e. The molecular weight excluding hydrogens is 246 g/mol. The molecule has 1 aliphatic heterocycles. The van der Waals surface area contributed by atoms with Gasteiger partial charge in [-0.25, -0.2) is 0 Å². The Balaban J connectivity index is 2.01. The molecule has 1 aromatic heterocycles. The van der Waals surface area contributed by atoms with E-state index >= 15 is 0 Å². The number of nitro groups is 1. The third-order valence-electron chi connectivity index (χ3n) is 3.66. The van der Waals surface area contributed by atoms with Gasteiger partial charge < -0.3 is 20.3 Å². The Morgan fingerprint density at radius 1 is 1.53 bits per heavy atom. The molecule has 2 heterocycles. The van der Waals surface area contributed by atoms with Crippen LogP contribution < -0.4 is 10.2 Å². The van der Waals surface area contributed by atoms with Gasteiger partial charge in [-0.3, -0.25) is 4.57 Å². The lowest BCUT2D eigenvalue weighted by molar-refractivity contribution is -0.388. The van der Waals surface area contributed by atoms with Gasteiger partial charge in [-0.15, -0.1) is 0 Å². The van der Waals surface area contributed by atoms with Crippen molar-refractivity contribution in [2.24, 2.45) is 13.0 Å². The SMILES string of the molecule is CCNCC1CCN(c2c([N+](=O)[O-])ncn2C)CC1. The topological polar surface area (TPSA) is 76.2 Å². The fourth-order valence-electron chi connectivity index (χ4n) is 2.60.